The van der Waals surface area contributed by atoms with E-state index in [1.165, 1.54) is 20.3 Å². The molecule has 7 nitrogen and oxygen atoms in total. The summed E-state index contributed by atoms with van der Waals surface area (Å²) in [6.45, 7) is 2.09. The summed E-state index contributed by atoms with van der Waals surface area (Å²) in [5.41, 5.74) is 1.91. The second-order valence-corrected chi connectivity index (χ2v) is 7.45. The molecular weight excluding hydrogens is 437 g/mol. The maximum Gasteiger partial charge on any atom is 0.255 e. The van der Waals surface area contributed by atoms with E-state index in [1.54, 1.807) is 48.1 Å². The lowest BCUT2D eigenvalue weighted by atomic mass is 10.1. The van der Waals surface area contributed by atoms with Gasteiger partial charge in [0, 0.05) is 23.6 Å². The molecule has 4 rings (SSSR count). The molecule has 0 bridgehead atoms. The second-order valence-electron chi connectivity index (χ2n) is 7.45. The molecule has 0 saturated heterocycles. The molecule has 0 aliphatic heterocycles. The second kappa shape index (κ2) is 10.1. The van der Waals surface area contributed by atoms with Gasteiger partial charge in [0.2, 0.25) is 5.75 Å². The molecule has 0 unspecified atom stereocenters. The number of rotatable bonds is 8. The van der Waals surface area contributed by atoms with Crippen LogP contribution >= 0.6 is 0 Å². The predicted octanol–water partition coefficient (Wildman–Crippen LogP) is 5.17. The summed E-state index contributed by atoms with van der Waals surface area (Å²) in [5.74, 6) is 0.798. The molecule has 0 aliphatic rings. The first kappa shape index (κ1) is 22.8. The van der Waals surface area contributed by atoms with E-state index in [4.69, 9.17) is 14.2 Å². The molecule has 8 heteroatoms. The number of carbonyl (C=O) groups excluding carboxylic acids is 1. The lowest BCUT2D eigenvalue weighted by Crippen LogP contribution is -2.13. The molecule has 0 fully saturated rings. The van der Waals surface area contributed by atoms with Gasteiger partial charge < -0.3 is 24.1 Å². The van der Waals surface area contributed by atoms with Crippen molar-refractivity contribution in [1.29, 1.82) is 0 Å². The maximum absolute atomic E-state index is 14.7. The topological polar surface area (TPSA) is 74.6 Å². The average molecular weight is 461 g/mol. The van der Waals surface area contributed by atoms with Crippen molar-refractivity contribution in [1.82, 2.24) is 9.55 Å². The van der Waals surface area contributed by atoms with Crippen LogP contribution in [0.2, 0.25) is 0 Å². The van der Waals surface area contributed by atoms with Crippen LogP contribution in [0.25, 0.3) is 5.69 Å². The number of benzene rings is 3. The Labute approximate surface area is 196 Å². The first-order valence-corrected chi connectivity index (χ1v) is 10.5. The van der Waals surface area contributed by atoms with Gasteiger partial charge in [0.1, 0.15) is 18.2 Å². The van der Waals surface area contributed by atoms with E-state index in [0.29, 0.717) is 41.1 Å². The third-order valence-corrected chi connectivity index (χ3v) is 5.24. The molecular formula is C26H24FN3O4. The van der Waals surface area contributed by atoms with Gasteiger partial charge >= 0.3 is 0 Å². The molecule has 3 aromatic carbocycles. The Balaban J connectivity index is 1.55. The number of nitrogens with zero attached hydrogens (tertiary/aromatic N) is 2. The predicted molar refractivity (Wildman–Crippen MR) is 127 cm³/mol. The fraction of sp³-hybridized carbons (Fsp3) is 0.154. The first-order valence-electron chi connectivity index (χ1n) is 10.5. The summed E-state index contributed by atoms with van der Waals surface area (Å²) in [7, 11) is 2.97. The van der Waals surface area contributed by atoms with Crippen LogP contribution < -0.4 is 19.5 Å². The zero-order chi connectivity index (χ0) is 24.1. The summed E-state index contributed by atoms with van der Waals surface area (Å²) in [6.07, 6.45) is 3.27. The average Bonchev–Trinajstić information content (AvgIpc) is 3.28. The zero-order valence-electron chi connectivity index (χ0n) is 19.0. The monoisotopic (exact) mass is 461 g/mol. The molecule has 0 radical (unpaired) electrons. The summed E-state index contributed by atoms with van der Waals surface area (Å²) >= 11 is 0. The largest absolute Gasteiger partial charge is 0.493 e. The SMILES string of the molecule is COc1cc(C(=O)Nc2ccc(-n3ccnc3C)c(F)c2)cc(OC)c1OCc1ccccc1. The van der Waals surface area contributed by atoms with Crippen molar-refractivity contribution in [3.8, 4) is 22.9 Å². The third kappa shape index (κ3) is 4.85. The van der Waals surface area contributed by atoms with Gasteiger partial charge in [-0.05, 0) is 42.8 Å². The number of halogens is 1. The van der Waals surface area contributed by atoms with Gasteiger partial charge in [0.25, 0.3) is 5.91 Å². The van der Waals surface area contributed by atoms with Crippen LogP contribution in [0.3, 0.4) is 0 Å². The Morgan fingerprint density at radius 1 is 1.03 bits per heavy atom. The van der Waals surface area contributed by atoms with Crippen molar-refractivity contribution >= 4 is 11.6 Å². The lowest BCUT2D eigenvalue weighted by molar-refractivity contribution is 0.102. The highest BCUT2D eigenvalue weighted by atomic mass is 19.1. The fourth-order valence-electron chi connectivity index (χ4n) is 3.50. The molecule has 1 aromatic heterocycles. The molecule has 0 atom stereocenters. The number of aromatic nitrogens is 2. The maximum atomic E-state index is 14.7. The van der Waals surface area contributed by atoms with Crippen molar-refractivity contribution in [2.45, 2.75) is 13.5 Å². The Kier molecular flexibility index (Phi) is 6.77. The number of methoxy groups -OCH3 is 2. The molecule has 0 spiro atoms. The van der Waals surface area contributed by atoms with Gasteiger partial charge in [-0.25, -0.2) is 9.37 Å². The van der Waals surface area contributed by atoms with Crippen molar-refractivity contribution in [2.24, 2.45) is 0 Å². The number of aryl methyl sites for hydroxylation is 1. The lowest BCUT2D eigenvalue weighted by Gasteiger charge is -2.16. The molecule has 1 amide bonds. The van der Waals surface area contributed by atoms with Crippen molar-refractivity contribution < 1.29 is 23.4 Å². The summed E-state index contributed by atoms with van der Waals surface area (Å²) in [4.78, 5) is 17.0. The van der Waals surface area contributed by atoms with E-state index in [-0.39, 0.29) is 5.56 Å². The standard InChI is InChI=1S/C26H24FN3O4/c1-17-28-11-12-30(17)22-10-9-20(15-21(22)27)29-26(31)19-13-23(32-2)25(24(14-19)33-3)34-16-18-7-5-4-6-8-18/h4-15H,16H2,1-3H3,(H,29,31). The highest BCUT2D eigenvalue weighted by Crippen LogP contribution is 2.39. The fourth-order valence-corrected chi connectivity index (χ4v) is 3.50. The van der Waals surface area contributed by atoms with E-state index in [1.807, 2.05) is 30.3 Å². The van der Waals surface area contributed by atoms with Gasteiger partial charge in [-0.15, -0.1) is 0 Å². The molecule has 34 heavy (non-hydrogen) atoms. The highest BCUT2D eigenvalue weighted by molar-refractivity contribution is 6.05. The summed E-state index contributed by atoms with van der Waals surface area (Å²) in [6, 6.07) is 17.2. The minimum absolute atomic E-state index is 0.274. The number of hydrogen-bond acceptors (Lipinski definition) is 5. The number of carbonyl (C=O) groups is 1. The quantitative estimate of drug-likeness (QED) is 0.392. The van der Waals surface area contributed by atoms with E-state index in [9.17, 15) is 9.18 Å². The molecule has 0 aliphatic carbocycles. The molecule has 174 valence electrons. The number of nitrogens with one attached hydrogen (secondary N) is 1. The van der Waals surface area contributed by atoms with E-state index in [2.05, 4.69) is 10.3 Å². The minimum atomic E-state index is -0.487. The van der Waals surface area contributed by atoms with Gasteiger partial charge in [0.15, 0.2) is 11.5 Å². The van der Waals surface area contributed by atoms with Crippen LogP contribution in [-0.2, 0) is 6.61 Å². The summed E-state index contributed by atoms with van der Waals surface area (Å²) < 4.78 is 33.2. The number of imidazole rings is 1. The smallest absolute Gasteiger partial charge is 0.255 e. The van der Waals surface area contributed by atoms with Crippen LogP contribution in [0, 0.1) is 12.7 Å². The number of amides is 1. The Bertz CT molecular complexity index is 1280. The van der Waals surface area contributed by atoms with Crippen LogP contribution in [0.15, 0.2) is 73.1 Å². The zero-order valence-corrected chi connectivity index (χ0v) is 19.0. The van der Waals surface area contributed by atoms with Crippen molar-refractivity contribution in [3.05, 3.63) is 95.8 Å². The number of anilines is 1. The minimum Gasteiger partial charge on any atom is -0.493 e. The van der Waals surface area contributed by atoms with Crippen LogP contribution in [0.1, 0.15) is 21.7 Å². The highest BCUT2D eigenvalue weighted by Gasteiger charge is 2.19. The van der Waals surface area contributed by atoms with Crippen LogP contribution in [-0.4, -0.2) is 29.7 Å². The van der Waals surface area contributed by atoms with Gasteiger partial charge in [0.05, 0.1) is 19.9 Å². The molecule has 1 N–H and O–H groups in total. The van der Waals surface area contributed by atoms with E-state index in [0.717, 1.165) is 5.56 Å². The molecule has 4 aromatic rings. The Morgan fingerprint density at radius 2 is 1.74 bits per heavy atom. The number of hydrogen-bond donors (Lipinski definition) is 1. The van der Waals surface area contributed by atoms with Crippen molar-refractivity contribution in [2.75, 3.05) is 19.5 Å². The molecule has 1 heterocycles. The Hall–Kier alpha value is -4.33. The molecule has 0 saturated carbocycles. The number of ether oxygens (including phenoxy) is 3. The van der Waals surface area contributed by atoms with Crippen molar-refractivity contribution in [3.63, 3.8) is 0 Å². The normalized spacial score (nSPS) is 10.6. The third-order valence-electron chi connectivity index (χ3n) is 5.24. The first-order chi connectivity index (χ1) is 16.5. The van der Waals surface area contributed by atoms with Gasteiger partial charge in [-0.3, -0.25) is 4.79 Å². The van der Waals surface area contributed by atoms with Crippen LogP contribution in [0.4, 0.5) is 10.1 Å². The van der Waals surface area contributed by atoms with E-state index < -0.39 is 11.7 Å². The van der Waals surface area contributed by atoms with Gasteiger partial charge in [-0.1, -0.05) is 30.3 Å². The van der Waals surface area contributed by atoms with E-state index >= 15 is 0 Å². The summed E-state index contributed by atoms with van der Waals surface area (Å²) in [5, 5.41) is 2.71. The van der Waals surface area contributed by atoms with Crippen LogP contribution in [0.5, 0.6) is 17.2 Å². The van der Waals surface area contributed by atoms with Gasteiger partial charge in [-0.2, -0.15) is 0 Å². The Morgan fingerprint density at radius 3 is 2.32 bits per heavy atom.